The first-order valence-electron chi connectivity index (χ1n) is 5.98. The summed E-state index contributed by atoms with van der Waals surface area (Å²) in [6.45, 7) is 2.41. The van der Waals surface area contributed by atoms with E-state index in [1.54, 1.807) is 29.5 Å². The average Bonchev–Trinajstić information content (AvgIpc) is 2.93. The van der Waals surface area contributed by atoms with Crippen LogP contribution in [0.5, 0.6) is 0 Å². The quantitative estimate of drug-likeness (QED) is 0.784. The normalized spacial score (nSPS) is 12.2. The van der Waals surface area contributed by atoms with Crippen molar-refractivity contribution in [3.63, 3.8) is 0 Å². The standard InChI is InChI=1S/C14H13Cl2NOS2/c1-9(14(18)17-8-11-3-2-6-19-11)20-13-7-10(15)4-5-12(13)16/h2-7,9H,8H2,1H3,(H,17,18)/t9-/m0/s1. The van der Waals surface area contributed by atoms with Crippen molar-refractivity contribution in [1.82, 2.24) is 5.32 Å². The van der Waals surface area contributed by atoms with Crippen molar-refractivity contribution in [2.75, 3.05) is 0 Å². The molecule has 20 heavy (non-hydrogen) atoms. The molecule has 0 bridgehead atoms. The first-order chi connectivity index (χ1) is 9.56. The summed E-state index contributed by atoms with van der Waals surface area (Å²) in [6, 6.07) is 9.21. The first-order valence-corrected chi connectivity index (χ1v) is 8.49. The van der Waals surface area contributed by atoms with Gasteiger partial charge in [0.15, 0.2) is 0 Å². The summed E-state index contributed by atoms with van der Waals surface area (Å²) in [6.07, 6.45) is 0. The predicted molar refractivity (Wildman–Crippen MR) is 87.9 cm³/mol. The molecule has 0 saturated carbocycles. The molecule has 0 spiro atoms. The van der Waals surface area contributed by atoms with E-state index in [0.29, 0.717) is 16.6 Å². The minimum absolute atomic E-state index is 0.0144. The maximum absolute atomic E-state index is 12.0. The van der Waals surface area contributed by atoms with Crippen LogP contribution in [0.1, 0.15) is 11.8 Å². The van der Waals surface area contributed by atoms with Crippen LogP contribution in [0.2, 0.25) is 10.0 Å². The zero-order valence-corrected chi connectivity index (χ0v) is 13.9. The van der Waals surface area contributed by atoms with Gasteiger partial charge in [0, 0.05) is 14.8 Å². The van der Waals surface area contributed by atoms with E-state index in [1.165, 1.54) is 11.8 Å². The zero-order chi connectivity index (χ0) is 14.5. The Morgan fingerprint density at radius 3 is 2.90 bits per heavy atom. The molecule has 0 saturated heterocycles. The van der Waals surface area contributed by atoms with Crippen LogP contribution in [0.4, 0.5) is 0 Å². The molecule has 6 heteroatoms. The number of carbonyl (C=O) groups is 1. The van der Waals surface area contributed by atoms with Crippen LogP contribution in [0.25, 0.3) is 0 Å². The maximum Gasteiger partial charge on any atom is 0.233 e. The van der Waals surface area contributed by atoms with Crippen molar-refractivity contribution < 1.29 is 4.79 Å². The highest BCUT2D eigenvalue weighted by Gasteiger charge is 2.16. The van der Waals surface area contributed by atoms with Gasteiger partial charge >= 0.3 is 0 Å². The molecule has 0 aliphatic carbocycles. The fourth-order valence-electron chi connectivity index (χ4n) is 1.54. The molecule has 1 N–H and O–H groups in total. The predicted octanol–water partition coefficient (Wildman–Crippen LogP) is 4.85. The van der Waals surface area contributed by atoms with Gasteiger partial charge in [-0.1, -0.05) is 29.3 Å². The monoisotopic (exact) mass is 345 g/mol. The average molecular weight is 346 g/mol. The molecule has 2 nitrogen and oxygen atoms in total. The molecule has 1 amide bonds. The van der Waals surface area contributed by atoms with Crippen LogP contribution >= 0.6 is 46.3 Å². The van der Waals surface area contributed by atoms with Gasteiger partial charge in [0.05, 0.1) is 16.8 Å². The maximum atomic E-state index is 12.0. The number of amides is 1. The molecule has 1 aromatic heterocycles. The van der Waals surface area contributed by atoms with Crippen LogP contribution in [0.15, 0.2) is 40.6 Å². The van der Waals surface area contributed by atoms with Gasteiger partial charge in [-0.15, -0.1) is 23.1 Å². The number of rotatable bonds is 5. The summed E-state index contributed by atoms with van der Waals surface area (Å²) in [5, 5.41) is 5.90. The number of hydrogen-bond acceptors (Lipinski definition) is 3. The van der Waals surface area contributed by atoms with E-state index < -0.39 is 0 Å². The SMILES string of the molecule is C[C@H](Sc1cc(Cl)ccc1Cl)C(=O)NCc1cccs1. The molecule has 2 rings (SSSR count). The Balaban J connectivity index is 1.92. The van der Waals surface area contributed by atoms with Gasteiger partial charge in [-0.2, -0.15) is 0 Å². The van der Waals surface area contributed by atoms with Crippen molar-refractivity contribution >= 4 is 52.2 Å². The lowest BCUT2D eigenvalue weighted by Gasteiger charge is -2.12. The van der Waals surface area contributed by atoms with Gasteiger partial charge in [0.25, 0.3) is 0 Å². The topological polar surface area (TPSA) is 29.1 Å². The van der Waals surface area contributed by atoms with Gasteiger partial charge < -0.3 is 5.32 Å². The highest BCUT2D eigenvalue weighted by molar-refractivity contribution is 8.00. The second-order valence-electron chi connectivity index (χ2n) is 4.13. The first kappa shape index (κ1) is 15.7. The molecule has 0 radical (unpaired) electrons. The molecule has 0 aliphatic heterocycles. The Hall–Kier alpha value is -0.680. The van der Waals surface area contributed by atoms with Gasteiger partial charge in [-0.25, -0.2) is 0 Å². The lowest BCUT2D eigenvalue weighted by atomic mass is 10.4. The van der Waals surface area contributed by atoms with Crippen molar-refractivity contribution in [3.05, 3.63) is 50.6 Å². The van der Waals surface area contributed by atoms with E-state index in [-0.39, 0.29) is 11.2 Å². The number of thioether (sulfide) groups is 1. The van der Waals surface area contributed by atoms with Gasteiger partial charge in [-0.3, -0.25) is 4.79 Å². The van der Waals surface area contributed by atoms with Crippen LogP contribution < -0.4 is 5.32 Å². The molecular formula is C14H13Cl2NOS2. The molecule has 1 heterocycles. The molecular weight excluding hydrogens is 333 g/mol. The smallest absolute Gasteiger partial charge is 0.233 e. The van der Waals surface area contributed by atoms with E-state index in [2.05, 4.69) is 5.32 Å². The van der Waals surface area contributed by atoms with E-state index in [1.807, 2.05) is 24.4 Å². The molecule has 106 valence electrons. The molecule has 1 atom stereocenters. The fraction of sp³-hybridized carbons (Fsp3) is 0.214. The van der Waals surface area contributed by atoms with Crippen LogP contribution in [0, 0.1) is 0 Å². The summed E-state index contributed by atoms with van der Waals surface area (Å²) in [7, 11) is 0. The minimum Gasteiger partial charge on any atom is -0.350 e. The number of halogens is 2. The Bertz CT molecular complexity index is 587. The number of thiophene rings is 1. The molecule has 2 aromatic rings. The van der Waals surface area contributed by atoms with Crippen molar-refractivity contribution in [2.45, 2.75) is 23.6 Å². The van der Waals surface area contributed by atoms with E-state index in [0.717, 1.165) is 9.77 Å². The van der Waals surface area contributed by atoms with Gasteiger partial charge in [0.1, 0.15) is 0 Å². The van der Waals surface area contributed by atoms with E-state index in [9.17, 15) is 4.79 Å². The third-order valence-corrected chi connectivity index (χ3v) is 5.30. The molecule has 1 aromatic carbocycles. The van der Waals surface area contributed by atoms with E-state index >= 15 is 0 Å². The summed E-state index contributed by atoms with van der Waals surface area (Å²) < 4.78 is 0. The lowest BCUT2D eigenvalue weighted by molar-refractivity contribution is -0.120. The Labute approximate surface area is 136 Å². The minimum atomic E-state index is -0.231. The highest BCUT2D eigenvalue weighted by atomic mass is 35.5. The second kappa shape index (κ2) is 7.36. The Kier molecular flexibility index (Phi) is 5.78. The zero-order valence-electron chi connectivity index (χ0n) is 10.7. The number of carbonyl (C=O) groups excluding carboxylic acids is 1. The number of hydrogen-bond donors (Lipinski definition) is 1. The number of benzene rings is 1. The van der Waals surface area contributed by atoms with Crippen molar-refractivity contribution in [1.29, 1.82) is 0 Å². The molecule has 0 aliphatic rings. The summed E-state index contributed by atoms with van der Waals surface area (Å²) in [4.78, 5) is 14.0. The Morgan fingerprint density at radius 2 is 2.20 bits per heavy atom. The van der Waals surface area contributed by atoms with Crippen molar-refractivity contribution in [3.8, 4) is 0 Å². The summed E-state index contributed by atoms with van der Waals surface area (Å²) in [5.74, 6) is -0.0144. The van der Waals surface area contributed by atoms with Crippen LogP contribution in [-0.2, 0) is 11.3 Å². The Morgan fingerprint density at radius 1 is 1.40 bits per heavy atom. The summed E-state index contributed by atoms with van der Waals surface area (Å²) in [5.41, 5.74) is 0. The van der Waals surface area contributed by atoms with Crippen LogP contribution in [-0.4, -0.2) is 11.2 Å². The van der Waals surface area contributed by atoms with Gasteiger partial charge in [0.2, 0.25) is 5.91 Å². The lowest BCUT2D eigenvalue weighted by Crippen LogP contribution is -2.30. The third-order valence-electron chi connectivity index (χ3n) is 2.58. The number of nitrogens with one attached hydrogen (secondary N) is 1. The fourth-order valence-corrected chi connectivity index (χ4v) is 3.62. The van der Waals surface area contributed by atoms with Crippen LogP contribution in [0.3, 0.4) is 0 Å². The molecule has 0 fully saturated rings. The van der Waals surface area contributed by atoms with Crippen molar-refractivity contribution in [2.24, 2.45) is 0 Å². The summed E-state index contributed by atoms with van der Waals surface area (Å²) >= 11 is 15.1. The highest BCUT2D eigenvalue weighted by Crippen LogP contribution is 2.32. The van der Waals surface area contributed by atoms with Gasteiger partial charge in [-0.05, 0) is 36.6 Å². The largest absolute Gasteiger partial charge is 0.350 e. The third kappa shape index (κ3) is 4.42. The van der Waals surface area contributed by atoms with E-state index in [4.69, 9.17) is 23.2 Å². The molecule has 0 unspecified atom stereocenters. The second-order valence-corrected chi connectivity index (χ2v) is 7.39.